The van der Waals surface area contributed by atoms with Crippen molar-refractivity contribution < 1.29 is 14.0 Å². The molecule has 2 rings (SSSR count). The predicted octanol–water partition coefficient (Wildman–Crippen LogP) is 1.56. The number of carbonyl (C=O) groups excluding carboxylic acids is 2. The average molecular weight is 279 g/mol. The Hall–Kier alpha value is -2.28. The number of aromatic nitrogens is 1. The molecule has 0 saturated heterocycles. The van der Waals surface area contributed by atoms with Gasteiger partial charge in [-0.2, -0.15) is 0 Å². The van der Waals surface area contributed by atoms with E-state index in [-0.39, 0.29) is 12.0 Å². The van der Waals surface area contributed by atoms with Crippen molar-refractivity contribution in [1.82, 2.24) is 4.98 Å². The highest BCUT2D eigenvalue weighted by Gasteiger charge is 2.10. The number of thiazole rings is 1. The van der Waals surface area contributed by atoms with Crippen molar-refractivity contribution in [2.24, 2.45) is 5.73 Å². The van der Waals surface area contributed by atoms with E-state index in [0.717, 1.165) is 6.07 Å². The van der Waals surface area contributed by atoms with Crippen LogP contribution in [0.2, 0.25) is 0 Å². The number of nitrogens with zero attached hydrogens (tertiary/aromatic N) is 1. The van der Waals surface area contributed by atoms with Gasteiger partial charge in [-0.05, 0) is 18.2 Å². The molecule has 2 aromatic rings. The second-order valence-electron chi connectivity index (χ2n) is 3.75. The molecule has 0 unspecified atom stereocenters. The molecule has 1 aromatic heterocycles. The molecule has 0 saturated carbocycles. The van der Waals surface area contributed by atoms with Crippen molar-refractivity contribution in [3.05, 3.63) is 46.7 Å². The Morgan fingerprint density at radius 2 is 2.21 bits per heavy atom. The van der Waals surface area contributed by atoms with Gasteiger partial charge in [-0.15, -0.1) is 11.3 Å². The van der Waals surface area contributed by atoms with Gasteiger partial charge in [-0.25, -0.2) is 9.37 Å². The molecule has 5 nitrogen and oxygen atoms in total. The van der Waals surface area contributed by atoms with Gasteiger partial charge in [0.15, 0.2) is 5.13 Å². The van der Waals surface area contributed by atoms with E-state index in [1.54, 1.807) is 5.38 Å². The van der Waals surface area contributed by atoms with E-state index in [1.807, 2.05) is 0 Å². The first-order chi connectivity index (χ1) is 9.04. The van der Waals surface area contributed by atoms with Gasteiger partial charge in [-0.1, -0.05) is 6.07 Å². The predicted molar refractivity (Wildman–Crippen MR) is 69.4 cm³/mol. The van der Waals surface area contributed by atoms with Crippen LogP contribution in [0, 0.1) is 5.82 Å². The van der Waals surface area contributed by atoms with Crippen LogP contribution in [0.5, 0.6) is 0 Å². The normalized spacial score (nSPS) is 10.2. The molecule has 0 atom stereocenters. The largest absolute Gasteiger partial charge is 0.369 e. The molecular weight excluding hydrogens is 269 g/mol. The summed E-state index contributed by atoms with van der Waals surface area (Å²) >= 11 is 1.17. The van der Waals surface area contributed by atoms with E-state index in [0.29, 0.717) is 10.8 Å². The van der Waals surface area contributed by atoms with E-state index in [9.17, 15) is 14.0 Å². The molecule has 1 heterocycles. The van der Waals surface area contributed by atoms with E-state index in [2.05, 4.69) is 10.3 Å². The summed E-state index contributed by atoms with van der Waals surface area (Å²) in [5.74, 6) is -1.44. The standard InChI is InChI=1S/C12H10FN3O2S/c13-8-3-1-2-7(4-8)11(18)16-12-15-9(6-19-12)5-10(14)17/h1-4,6H,5H2,(H2,14,17)(H,15,16,18). The number of nitrogens with two attached hydrogens (primary N) is 1. The molecule has 0 aliphatic rings. The number of halogens is 1. The third-order valence-corrected chi connectivity index (χ3v) is 3.02. The smallest absolute Gasteiger partial charge is 0.257 e. The molecule has 7 heteroatoms. The maximum Gasteiger partial charge on any atom is 0.257 e. The third kappa shape index (κ3) is 3.59. The molecule has 0 bridgehead atoms. The number of anilines is 1. The van der Waals surface area contributed by atoms with Crippen LogP contribution in [-0.4, -0.2) is 16.8 Å². The fourth-order valence-electron chi connectivity index (χ4n) is 1.42. The second kappa shape index (κ2) is 5.57. The van der Waals surface area contributed by atoms with Gasteiger partial charge in [0.05, 0.1) is 12.1 Å². The molecule has 2 amide bonds. The molecule has 98 valence electrons. The maximum atomic E-state index is 13.0. The van der Waals surface area contributed by atoms with Crippen LogP contribution in [0.15, 0.2) is 29.6 Å². The van der Waals surface area contributed by atoms with Gasteiger partial charge >= 0.3 is 0 Å². The zero-order valence-corrected chi connectivity index (χ0v) is 10.5. The minimum Gasteiger partial charge on any atom is -0.369 e. The van der Waals surface area contributed by atoms with Gasteiger partial charge in [0, 0.05) is 10.9 Å². The molecule has 0 fully saturated rings. The lowest BCUT2D eigenvalue weighted by molar-refractivity contribution is -0.117. The van der Waals surface area contributed by atoms with Crippen LogP contribution in [0.3, 0.4) is 0 Å². The summed E-state index contributed by atoms with van der Waals surface area (Å²) in [7, 11) is 0. The van der Waals surface area contributed by atoms with Crippen molar-refractivity contribution in [2.45, 2.75) is 6.42 Å². The lowest BCUT2D eigenvalue weighted by Crippen LogP contribution is -2.14. The van der Waals surface area contributed by atoms with Gasteiger partial charge in [-0.3, -0.25) is 14.9 Å². The Morgan fingerprint density at radius 3 is 2.89 bits per heavy atom. The van der Waals surface area contributed by atoms with Crippen molar-refractivity contribution in [3.8, 4) is 0 Å². The number of carbonyl (C=O) groups is 2. The molecule has 1 aromatic carbocycles. The second-order valence-corrected chi connectivity index (χ2v) is 4.61. The van der Waals surface area contributed by atoms with Gasteiger partial charge < -0.3 is 5.73 Å². The summed E-state index contributed by atoms with van der Waals surface area (Å²) in [6.45, 7) is 0. The summed E-state index contributed by atoms with van der Waals surface area (Å²) in [6, 6.07) is 5.33. The highest BCUT2D eigenvalue weighted by Crippen LogP contribution is 2.17. The number of amides is 2. The number of rotatable bonds is 4. The molecule has 0 aliphatic carbocycles. The van der Waals surface area contributed by atoms with Gasteiger partial charge in [0.1, 0.15) is 5.82 Å². The Morgan fingerprint density at radius 1 is 1.42 bits per heavy atom. The van der Waals surface area contributed by atoms with Crippen molar-refractivity contribution >= 4 is 28.3 Å². The summed E-state index contributed by atoms with van der Waals surface area (Å²) in [5, 5.41) is 4.50. The molecular formula is C12H10FN3O2S. The van der Waals surface area contributed by atoms with Gasteiger partial charge in [0.2, 0.25) is 5.91 Å². The fraction of sp³-hybridized carbons (Fsp3) is 0.0833. The molecule has 0 radical (unpaired) electrons. The quantitative estimate of drug-likeness (QED) is 0.890. The SMILES string of the molecule is NC(=O)Cc1csc(NC(=O)c2cccc(F)c2)n1. The first-order valence-corrected chi connectivity index (χ1v) is 6.22. The Kier molecular flexibility index (Phi) is 3.86. The van der Waals surface area contributed by atoms with Crippen LogP contribution in [-0.2, 0) is 11.2 Å². The minimum absolute atomic E-state index is 0.0202. The Balaban J connectivity index is 2.06. The highest BCUT2D eigenvalue weighted by atomic mass is 32.1. The van der Waals surface area contributed by atoms with Crippen LogP contribution < -0.4 is 11.1 Å². The first-order valence-electron chi connectivity index (χ1n) is 5.34. The minimum atomic E-state index is -0.492. The van der Waals surface area contributed by atoms with E-state index in [4.69, 9.17) is 5.73 Å². The average Bonchev–Trinajstić information content (AvgIpc) is 2.75. The summed E-state index contributed by atoms with van der Waals surface area (Å²) < 4.78 is 13.0. The Bertz CT molecular complexity index is 627. The third-order valence-electron chi connectivity index (χ3n) is 2.21. The van der Waals surface area contributed by atoms with E-state index < -0.39 is 17.6 Å². The topological polar surface area (TPSA) is 85.1 Å². The van der Waals surface area contributed by atoms with Crippen molar-refractivity contribution in [3.63, 3.8) is 0 Å². The van der Waals surface area contributed by atoms with Gasteiger partial charge in [0.25, 0.3) is 5.91 Å². The van der Waals surface area contributed by atoms with E-state index in [1.165, 1.54) is 29.5 Å². The summed E-state index contributed by atoms with van der Waals surface area (Å²) in [4.78, 5) is 26.5. The zero-order valence-electron chi connectivity index (χ0n) is 9.72. The molecule has 0 spiro atoms. The van der Waals surface area contributed by atoms with E-state index >= 15 is 0 Å². The summed E-state index contributed by atoms with van der Waals surface area (Å²) in [5.41, 5.74) is 5.73. The van der Waals surface area contributed by atoms with Crippen molar-refractivity contribution in [1.29, 1.82) is 0 Å². The molecule has 19 heavy (non-hydrogen) atoms. The molecule has 0 aliphatic heterocycles. The van der Waals surface area contributed by atoms with Crippen LogP contribution >= 0.6 is 11.3 Å². The van der Waals surface area contributed by atoms with Crippen LogP contribution in [0.25, 0.3) is 0 Å². The van der Waals surface area contributed by atoms with Crippen LogP contribution in [0.1, 0.15) is 16.1 Å². The first kappa shape index (κ1) is 13.2. The zero-order chi connectivity index (χ0) is 13.8. The number of primary amides is 1. The molecule has 3 N–H and O–H groups in total. The number of nitrogens with one attached hydrogen (secondary N) is 1. The Labute approximate surface area is 112 Å². The van der Waals surface area contributed by atoms with Crippen LogP contribution in [0.4, 0.5) is 9.52 Å². The number of hydrogen-bond acceptors (Lipinski definition) is 4. The summed E-state index contributed by atoms with van der Waals surface area (Å²) in [6.07, 6.45) is 0.0202. The maximum absolute atomic E-state index is 13.0. The lowest BCUT2D eigenvalue weighted by Gasteiger charge is -2.01. The highest BCUT2D eigenvalue weighted by molar-refractivity contribution is 7.14. The van der Waals surface area contributed by atoms with Crippen molar-refractivity contribution in [2.75, 3.05) is 5.32 Å². The monoisotopic (exact) mass is 279 g/mol. The number of benzene rings is 1. The lowest BCUT2D eigenvalue weighted by atomic mass is 10.2. The fourth-order valence-corrected chi connectivity index (χ4v) is 2.13. The number of hydrogen-bond donors (Lipinski definition) is 2.